The Labute approximate surface area is 216 Å². The first-order valence-corrected chi connectivity index (χ1v) is 12.6. The van der Waals surface area contributed by atoms with Crippen LogP contribution in [-0.4, -0.2) is 61.6 Å². The van der Waals surface area contributed by atoms with Crippen LogP contribution in [0, 0.1) is 6.92 Å². The Balaban J connectivity index is 1.38. The number of anilines is 1. The van der Waals surface area contributed by atoms with Gasteiger partial charge in [0.2, 0.25) is 5.91 Å². The van der Waals surface area contributed by atoms with E-state index >= 15 is 0 Å². The summed E-state index contributed by atoms with van der Waals surface area (Å²) < 4.78 is 0. The predicted molar refractivity (Wildman–Crippen MR) is 147 cm³/mol. The van der Waals surface area contributed by atoms with E-state index in [1.807, 2.05) is 49.5 Å². The maximum Gasteiger partial charge on any atom is 0.238 e. The minimum absolute atomic E-state index is 0.102. The fourth-order valence-corrected chi connectivity index (χ4v) is 5.20. The zero-order chi connectivity index (χ0) is 25.5. The molecule has 6 heterocycles. The van der Waals surface area contributed by atoms with Gasteiger partial charge in [-0.15, -0.1) is 11.3 Å². The predicted octanol–water partition coefficient (Wildman–Crippen LogP) is 5.10. The lowest BCUT2D eigenvalue weighted by atomic mass is 10.1. The van der Waals surface area contributed by atoms with E-state index < -0.39 is 0 Å². The van der Waals surface area contributed by atoms with Crippen LogP contribution in [-0.2, 0) is 4.79 Å². The number of amides is 1. The molecule has 0 aromatic carbocycles. The van der Waals surface area contributed by atoms with Crippen molar-refractivity contribution in [1.29, 1.82) is 0 Å². The highest BCUT2D eigenvalue weighted by Crippen LogP contribution is 2.35. The maximum absolute atomic E-state index is 12.2. The lowest BCUT2D eigenvalue weighted by Crippen LogP contribution is -2.27. The van der Waals surface area contributed by atoms with Crippen molar-refractivity contribution in [3.05, 3.63) is 65.9 Å². The summed E-state index contributed by atoms with van der Waals surface area (Å²) in [7, 11) is 3.70. The average Bonchev–Trinajstić information content (AvgIpc) is 3.60. The summed E-state index contributed by atoms with van der Waals surface area (Å²) in [5, 5.41) is 11.6. The molecule has 0 fully saturated rings. The van der Waals surface area contributed by atoms with E-state index in [0.717, 1.165) is 55.2 Å². The molecule has 0 aliphatic carbocycles. The van der Waals surface area contributed by atoms with Gasteiger partial charge in [0.15, 0.2) is 0 Å². The summed E-state index contributed by atoms with van der Waals surface area (Å²) in [4.78, 5) is 33.7. The lowest BCUT2D eigenvalue weighted by Gasteiger charge is -2.10. The number of aryl methyl sites for hydroxylation is 1. The quantitative estimate of drug-likeness (QED) is 0.288. The number of H-pyrrole nitrogens is 2. The number of nitrogens with zero attached hydrogens (tertiary/aromatic N) is 5. The summed E-state index contributed by atoms with van der Waals surface area (Å²) in [6, 6.07) is 14.0. The third-order valence-corrected chi connectivity index (χ3v) is 6.97. The molecule has 37 heavy (non-hydrogen) atoms. The highest BCUT2D eigenvalue weighted by molar-refractivity contribution is 7.15. The van der Waals surface area contributed by atoms with Crippen molar-refractivity contribution >= 4 is 44.9 Å². The molecule has 0 aliphatic heterocycles. The third-order valence-electron chi connectivity index (χ3n) is 5.96. The minimum Gasteiger partial charge on any atom is -0.353 e. The molecule has 0 unspecified atom stereocenters. The minimum atomic E-state index is -0.102. The molecule has 3 N–H and O–H groups in total. The monoisotopic (exact) mass is 508 g/mol. The maximum atomic E-state index is 12.2. The zero-order valence-corrected chi connectivity index (χ0v) is 21.3. The first-order chi connectivity index (χ1) is 17.9. The van der Waals surface area contributed by atoms with Gasteiger partial charge in [0.05, 0.1) is 45.9 Å². The molecule has 0 saturated carbocycles. The van der Waals surface area contributed by atoms with E-state index in [0.29, 0.717) is 12.2 Å². The van der Waals surface area contributed by atoms with Crippen molar-refractivity contribution in [2.24, 2.45) is 0 Å². The second-order valence-electron chi connectivity index (χ2n) is 9.13. The van der Waals surface area contributed by atoms with Crippen LogP contribution in [0.1, 0.15) is 4.88 Å². The molecule has 0 radical (unpaired) electrons. The SMILES string of the molecule is Cc1ccc(-c2nccc3[nH]c(-c4n[nH]c5ccc(-c6cncc(NC(=O)CN(C)C)c6)nc45)cc23)s1. The molecular formula is C27H24N8OS. The van der Waals surface area contributed by atoms with Gasteiger partial charge in [-0.25, -0.2) is 4.98 Å². The topological polar surface area (TPSA) is 115 Å². The summed E-state index contributed by atoms with van der Waals surface area (Å²) in [5.74, 6) is -0.102. The number of carbonyl (C=O) groups is 1. The Morgan fingerprint density at radius 2 is 1.95 bits per heavy atom. The van der Waals surface area contributed by atoms with E-state index in [-0.39, 0.29) is 5.91 Å². The molecule has 1 amide bonds. The second kappa shape index (κ2) is 9.23. The Kier molecular flexibility index (Phi) is 5.74. The molecule has 0 bridgehead atoms. The average molecular weight is 509 g/mol. The first-order valence-electron chi connectivity index (χ1n) is 11.7. The number of aromatic nitrogens is 6. The van der Waals surface area contributed by atoms with E-state index in [9.17, 15) is 4.79 Å². The number of rotatable bonds is 6. The van der Waals surface area contributed by atoms with Crippen molar-refractivity contribution in [3.8, 4) is 33.2 Å². The fourth-order valence-electron chi connectivity index (χ4n) is 4.32. The number of thiophene rings is 1. The van der Waals surface area contributed by atoms with Crippen LogP contribution in [0.25, 0.3) is 55.2 Å². The summed E-state index contributed by atoms with van der Waals surface area (Å²) in [6.45, 7) is 2.39. The first kappa shape index (κ1) is 23.0. The molecule has 184 valence electrons. The van der Waals surface area contributed by atoms with E-state index in [4.69, 9.17) is 4.98 Å². The molecule has 6 aromatic heterocycles. The molecule has 0 saturated heterocycles. The van der Waals surface area contributed by atoms with Gasteiger partial charge in [0, 0.05) is 33.7 Å². The van der Waals surface area contributed by atoms with Gasteiger partial charge in [0.25, 0.3) is 0 Å². The number of hydrogen-bond acceptors (Lipinski definition) is 7. The summed E-state index contributed by atoms with van der Waals surface area (Å²) in [5.41, 5.74) is 7.25. The number of hydrogen-bond donors (Lipinski definition) is 3. The number of fused-ring (bicyclic) bond motifs is 2. The third kappa shape index (κ3) is 4.48. The number of pyridine rings is 3. The van der Waals surface area contributed by atoms with Gasteiger partial charge in [-0.3, -0.25) is 19.9 Å². The van der Waals surface area contributed by atoms with Gasteiger partial charge in [-0.05, 0) is 63.5 Å². The van der Waals surface area contributed by atoms with Crippen molar-refractivity contribution in [2.45, 2.75) is 6.92 Å². The number of likely N-dealkylation sites (N-methyl/N-ethyl adjacent to an activating group) is 1. The van der Waals surface area contributed by atoms with Gasteiger partial charge in [0.1, 0.15) is 11.2 Å². The lowest BCUT2D eigenvalue weighted by molar-refractivity contribution is -0.116. The van der Waals surface area contributed by atoms with Crippen molar-refractivity contribution in [3.63, 3.8) is 0 Å². The van der Waals surface area contributed by atoms with Crippen molar-refractivity contribution < 1.29 is 4.79 Å². The standard InChI is InChI=1S/C27H24N8OS/c1-15-4-7-23(37-15)25-18-11-22(31-20(18)8-9-29-25)27-26-21(33-34-27)6-5-19(32-26)16-10-17(13-28-12-16)30-24(36)14-35(2)3/h4-13,31H,14H2,1-3H3,(H,30,36)(H,33,34). The molecule has 10 heteroatoms. The zero-order valence-electron chi connectivity index (χ0n) is 20.5. The van der Waals surface area contributed by atoms with E-state index in [1.165, 1.54) is 4.88 Å². The summed E-state index contributed by atoms with van der Waals surface area (Å²) in [6.07, 6.45) is 5.19. The molecule has 6 aromatic rings. The molecule has 9 nitrogen and oxygen atoms in total. The largest absolute Gasteiger partial charge is 0.353 e. The van der Waals surface area contributed by atoms with Crippen molar-refractivity contribution in [1.82, 2.24) is 35.0 Å². The van der Waals surface area contributed by atoms with E-state index in [1.54, 1.807) is 23.7 Å². The van der Waals surface area contributed by atoms with Gasteiger partial charge < -0.3 is 15.2 Å². The Hall–Kier alpha value is -4.41. The molecule has 0 spiro atoms. The van der Waals surface area contributed by atoms with Crippen LogP contribution >= 0.6 is 11.3 Å². The Morgan fingerprint density at radius 1 is 1.05 bits per heavy atom. The van der Waals surface area contributed by atoms with Gasteiger partial charge in [-0.1, -0.05) is 0 Å². The van der Waals surface area contributed by atoms with Crippen LogP contribution in [0.15, 0.2) is 61.1 Å². The molecule has 0 atom stereocenters. The normalized spacial score (nSPS) is 11.6. The number of carbonyl (C=O) groups excluding carboxylic acids is 1. The highest BCUT2D eigenvalue weighted by atomic mass is 32.1. The molecular weight excluding hydrogens is 484 g/mol. The molecule has 6 rings (SSSR count). The smallest absolute Gasteiger partial charge is 0.238 e. The Bertz CT molecular complexity index is 1760. The van der Waals surface area contributed by atoms with Gasteiger partial charge in [-0.2, -0.15) is 5.10 Å². The Morgan fingerprint density at radius 3 is 2.76 bits per heavy atom. The van der Waals surface area contributed by atoms with Crippen molar-refractivity contribution in [2.75, 3.05) is 26.0 Å². The van der Waals surface area contributed by atoms with Gasteiger partial charge >= 0.3 is 0 Å². The van der Waals surface area contributed by atoms with Crippen LogP contribution in [0.3, 0.4) is 0 Å². The highest BCUT2D eigenvalue weighted by Gasteiger charge is 2.17. The summed E-state index contributed by atoms with van der Waals surface area (Å²) >= 11 is 1.73. The van der Waals surface area contributed by atoms with Crippen LogP contribution in [0.5, 0.6) is 0 Å². The number of nitrogens with one attached hydrogen (secondary N) is 3. The molecule has 0 aliphatic rings. The second-order valence-corrected chi connectivity index (χ2v) is 10.4. The van der Waals surface area contributed by atoms with E-state index in [2.05, 4.69) is 55.6 Å². The number of aromatic amines is 2. The van der Waals surface area contributed by atoms with Crippen LogP contribution in [0.4, 0.5) is 5.69 Å². The van der Waals surface area contributed by atoms with Crippen LogP contribution < -0.4 is 5.32 Å². The van der Waals surface area contributed by atoms with Crippen LogP contribution in [0.2, 0.25) is 0 Å². The fraction of sp³-hybridized carbons (Fsp3) is 0.148.